The van der Waals surface area contributed by atoms with E-state index in [4.69, 9.17) is 4.74 Å². The Morgan fingerprint density at radius 2 is 1.29 bits per heavy atom. The van der Waals surface area contributed by atoms with E-state index >= 15 is 0 Å². The summed E-state index contributed by atoms with van der Waals surface area (Å²) in [7, 11) is 1.54. The van der Waals surface area contributed by atoms with Gasteiger partial charge in [0, 0.05) is 24.3 Å². The fourth-order valence-corrected chi connectivity index (χ4v) is 6.79. The predicted molar refractivity (Wildman–Crippen MR) is 229 cm³/mol. The zero-order chi connectivity index (χ0) is 44.5. The number of rotatable bonds is 10. The van der Waals surface area contributed by atoms with Crippen molar-refractivity contribution in [3.05, 3.63) is 142 Å². The van der Waals surface area contributed by atoms with Gasteiger partial charge in [-0.2, -0.15) is 5.26 Å². The molecule has 316 valence electrons. The molecule has 62 heavy (non-hydrogen) atoms. The van der Waals surface area contributed by atoms with Gasteiger partial charge in [-0.25, -0.2) is 28.1 Å². The zero-order valence-corrected chi connectivity index (χ0v) is 34.5. The maximum absolute atomic E-state index is 14.5. The molecule has 2 aliphatic rings. The highest BCUT2D eigenvalue weighted by molar-refractivity contribution is 6.05. The number of nitrogens with zero attached hydrogens (tertiary/aromatic N) is 5. The monoisotopic (exact) mass is 841 g/mol. The molecule has 6 aromatic rings. The smallest absolute Gasteiger partial charge is 0.255 e. The lowest BCUT2D eigenvalue weighted by Gasteiger charge is -2.19. The van der Waals surface area contributed by atoms with Gasteiger partial charge in [0.2, 0.25) is 0 Å². The van der Waals surface area contributed by atoms with Gasteiger partial charge in [-0.3, -0.25) is 14.4 Å². The van der Waals surface area contributed by atoms with Crippen LogP contribution in [0.5, 0.6) is 5.75 Å². The minimum Gasteiger partial charge on any atom is -0.495 e. The van der Waals surface area contributed by atoms with Crippen molar-refractivity contribution in [2.24, 2.45) is 0 Å². The number of carbonyl (C=O) groups is 3. The van der Waals surface area contributed by atoms with E-state index in [9.17, 15) is 32.8 Å². The SMILES string of the molecule is CC.CCN(CC)C(=O)c1ccc(Nc2cc(-c3c(F)cccc3F)nc3c2C(=O)NC3)cc1.COc1ccc(Nc2cc(-c3c(F)cccc3C#N)nc3c2C(=O)NC3)nc1. The Hall–Kier alpha value is -7.80. The highest BCUT2D eigenvalue weighted by atomic mass is 19.1. The van der Waals surface area contributed by atoms with Crippen molar-refractivity contribution >= 4 is 40.6 Å². The largest absolute Gasteiger partial charge is 0.495 e. The Bertz CT molecular complexity index is 2660. The van der Waals surface area contributed by atoms with Crippen molar-refractivity contribution in [2.75, 3.05) is 30.8 Å². The average Bonchev–Trinajstić information content (AvgIpc) is 3.86. The summed E-state index contributed by atoms with van der Waals surface area (Å²) in [5.41, 5.74) is 3.92. The highest BCUT2D eigenvalue weighted by Crippen LogP contribution is 2.35. The maximum atomic E-state index is 14.5. The van der Waals surface area contributed by atoms with Crippen LogP contribution in [0.15, 0.2) is 91.1 Å². The highest BCUT2D eigenvalue weighted by Gasteiger charge is 2.29. The van der Waals surface area contributed by atoms with Crippen molar-refractivity contribution < 1.29 is 32.3 Å². The van der Waals surface area contributed by atoms with Gasteiger partial charge >= 0.3 is 0 Å². The first-order valence-corrected chi connectivity index (χ1v) is 19.7. The summed E-state index contributed by atoms with van der Waals surface area (Å²) in [6.07, 6.45) is 1.54. The fraction of sp³-hybridized carbons (Fsp3) is 0.196. The van der Waals surface area contributed by atoms with Crippen LogP contribution in [0.1, 0.15) is 75.7 Å². The molecule has 4 N–H and O–H groups in total. The second-order valence-electron chi connectivity index (χ2n) is 13.4. The molecule has 13 nitrogen and oxygen atoms in total. The lowest BCUT2D eigenvalue weighted by molar-refractivity contribution is 0.0772. The molecule has 2 aliphatic heterocycles. The molecule has 0 aliphatic carbocycles. The van der Waals surface area contributed by atoms with E-state index < -0.39 is 17.5 Å². The summed E-state index contributed by atoms with van der Waals surface area (Å²) in [4.78, 5) is 51.8. The summed E-state index contributed by atoms with van der Waals surface area (Å²) >= 11 is 0. The summed E-state index contributed by atoms with van der Waals surface area (Å²) in [5.74, 6) is -1.62. The number of nitriles is 1. The van der Waals surface area contributed by atoms with Crippen molar-refractivity contribution in [1.82, 2.24) is 30.5 Å². The Kier molecular flexibility index (Phi) is 13.8. The van der Waals surface area contributed by atoms with Crippen LogP contribution >= 0.6 is 0 Å². The van der Waals surface area contributed by atoms with Gasteiger partial charge in [0.1, 0.15) is 29.0 Å². The molecule has 8 rings (SSSR count). The van der Waals surface area contributed by atoms with Crippen molar-refractivity contribution in [3.8, 4) is 34.3 Å². The van der Waals surface area contributed by atoms with Gasteiger partial charge in [-0.05, 0) is 86.6 Å². The van der Waals surface area contributed by atoms with E-state index in [0.717, 1.165) is 12.1 Å². The summed E-state index contributed by atoms with van der Waals surface area (Å²) < 4.78 is 48.3. The molecule has 0 fully saturated rings. The van der Waals surface area contributed by atoms with Crippen LogP contribution in [0.25, 0.3) is 22.5 Å². The van der Waals surface area contributed by atoms with Crippen molar-refractivity contribution in [2.45, 2.75) is 40.8 Å². The maximum Gasteiger partial charge on any atom is 0.255 e. The molecule has 0 unspecified atom stereocenters. The minimum absolute atomic E-state index is 0.0666. The number of nitrogens with one attached hydrogen (secondary N) is 4. The normalized spacial score (nSPS) is 11.9. The van der Waals surface area contributed by atoms with E-state index in [1.54, 1.807) is 47.4 Å². The summed E-state index contributed by atoms with van der Waals surface area (Å²) in [5, 5.41) is 21.0. The Morgan fingerprint density at radius 3 is 1.81 bits per heavy atom. The first-order chi connectivity index (χ1) is 30.0. The molecular formula is C46H42F3N9O4. The van der Waals surface area contributed by atoms with E-state index in [-0.39, 0.29) is 58.9 Å². The third kappa shape index (κ3) is 9.16. The lowest BCUT2D eigenvalue weighted by Crippen LogP contribution is -2.30. The molecule has 0 saturated carbocycles. The Balaban J connectivity index is 0.000000201. The van der Waals surface area contributed by atoms with Gasteiger partial charge in [0.05, 0.1) is 94.4 Å². The number of methoxy groups -OCH3 is 1. The molecule has 0 atom stereocenters. The Morgan fingerprint density at radius 1 is 0.758 bits per heavy atom. The van der Waals surface area contributed by atoms with E-state index in [1.807, 2.05) is 33.8 Å². The van der Waals surface area contributed by atoms with Crippen LogP contribution in [0.4, 0.5) is 36.1 Å². The third-order valence-corrected chi connectivity index (χ3v) is 9.78. The number of ether oxygens (including phenoxy) is 1. The van der Waals surface area contributed by atoms with Gasteiger partial charge in [0.15, 0.2) is 0 Å². The second-order valence-corrected chi connectivity index (χ2v) is 13.4. The number of carbonyl (C=O) groups excluding carboxylic acids is 3. The van der Waals surface area contributed by atoms with Gasteiger partial charge in [0.25, 0.3) is 17.7 Å². The number of aromatic nitrogens is 3. The molecule has 16 heteroatoms. The van der Waals surface area contributed by atoms with Crippen molar-refractivity contribution in [3.63, 3.8) is 0 Å². The van der Waals surface area contributed by atoms with E-state index in [1.165, 1.54) is 43.6 Å². The zero-order valence-electron chi connectivity index (χ0n) is 34.5. The number of benzene rings is 3. The number of hydrogen-bond donors (Lipinski definition) is 4. The summed E-state index contributed by atoms with van der Waals surface area (Å²) in [6.45, 7) is 9.46. The first kappa shape index (κ1) is 43.8. The number of fused-ring (bicyclic) bond motifs is 2. The molecule has 3 aromatic heterocycles. The topological polar surface area (TPSA) is 174 Å². The summed E-state index contributed by atoms with van der Waals surface area (Å²) in [6, 6.07) is 23.1. The lowest BCUT2D eigenvalue weighted by atomic mass is 10.0. The number of hydrogen-bond acceptors (Lipinski definition) is 10. The van der Waals surface area contributed by atoms with Crippen LogP contribution in [0.2, 0.25) is 0 Å². The van der Waals surface area contributed by atoms with Crippen molar-refractivity contribution in [1.29, 1.82) is 5.26 Å². The number of halogens is 3. The number of pyridine rings is 3. The van der Waals surface area contributed by atoms with Crippen LogP contribution in [-0.2, 0) is 13.1 Å². The Labute approximate surface area is 356 Å². The molecule has 0 spiro atoms. The average molecular weight is 842 g/mol. The molecule has 5 heterocycles. The standard InChI is InChI=1S/C24H22F2N4O2.C20H14FN5O2.C2H6/c1-3-30(4-2)24(32)14-8-10-15(11-9-14)28-19-12-18(21-16(25)6-5-7-17(21)26)29-20-13-27-23(31)22(19)20;1-28-12-5-6-17(23-9-12)26-15-7-14(25-16-10-24-20(27)19(15)16)18-11(8-22)3-2-4-13(18)21;1-2/h5-12H,3-4,13H2,1-2H3,(H,27,31)(H,28,29);2-7,9H,10H2,1H3,(H,24,27)(H,23,25,26);1-2H3. The minimum atomic E-state index is -0.736. The molecule has 3 amide bonds. The number of anilines is 4. The quantitative estimate of drug-likeness (QED) is 0.105. The fourth-order valence-electron chi connectivity index (χ4n) is 6.79. The third-order valence-electron chi connectivity index (χ3n) is 9.78. The molecule has 0 bridgehead atoms. The molecule has 3 aromatic carbocycles. The van der Waals surface area contributed by atoms with Gasteiger partial charge in [-0.1, -0.05) is 26.0 Å². The van der Waals surface area contributed by atoms with Gasteiger partial charge in [-0.15, -0.1) is 0 Å². The molecular weight excluding hydrogens is 800 g/mol. The first-order valence-electron chi connectivity index (χ1n) is 19.7. The second kappa shape index (κ2) is 19.5. The van der Waals surface area contributed by atoms with Crippen LogP contribution in [0.3, 0.4) is 0 Å². The predicted octanol–water partition coefficient (Wildman–Crippen LogP) is 8.67. The van der Waals surface area contributed by atoms with Crippen LogP contribution < -0.4 is 26.0 Å². The van der Waals surface area contributed by atoms with Gasteiger partial charge < -0.3 is 30.9 Å². The molecule has 0 radical (unpaired) electrons. The van der Waals surface area contributed by atoms with E-state index in [2.05, 4.69) is 36.2 Å². The van der Waals surface area contributed by atoms with Crippen LogP contribution in [-0.4, -0.2) is 57.8 Å². The number of amides is 3. The van der Waals surface area contributed by atoms with E-state index in [0.29, 0.717) is 69.8 Å². The molecule has 0 saturated heterocycles. The van der Waals surface area contributed by atoms with Crippen LogP contribution in [0, 0.1) is 28.8 Å².